The number of rotatable bonds is 60. The molecule has 0 aliphatic rings. The van der Waals surface area contributed by atoms with Crippen molar-refractivity contribution < 1.29 is 42.9 Å². The first-order valence-corrected chi connectivity index (χ1v) is 32.3. The van der Waals surface area contributed by atoms with Gasteiger partial charge in [0, 0.05) is 12.8 Å². The van der Waals surface area contributed by atoms with Crippen LogP contribution < -0.4 is 0 Å². The second kappa shape index (κ2) is 58.4. The second-order valence-electron chi connectivity index (χ2n) is 23.1. The maximum atomic E-state index is 12.9. The van der Waals surface area contributed by atoms with E-state index in [9.17, 15) is 19.5 Å². The van der Waals surface area contributed by atoms with E-state index >= 15 is 0 Å². The molecule has 0 spiro atoms. The first kappa shape index (κ1) is 73.2. The molecule has 9 heteroatoms. The Kier molecular flexibility index (Phi) is 56.3. The molecule has 2 atom stereocenters. The number of unbranched alkanes of at least 4 members (excludes halogenated alkanes) is 37. The summed E-state index contributed by atoms with van der Waals surface area (Å²) in [5.74, 6) is -1.98. The Labute approximate surface area is 470 Å². The largest absolute Gasteiger partial charge is 0.477 e. The lowest BCUT2D eigenvalue weighted by Crippen LogP contribution is -2.40. The average Bonchev–Trinajstić information content (AvgIpc) is 3.39. The number of esters is 2. The molecule has 0 saturated carbocycles. The lowest BCUT2D eigenvalue weighted by atomic mass is 10.0. The molecule has 444 valence electrons. The van der Waals surface area contributed by atoms with E-state index in [4.69, 9.17) is 18.9 Å². The Morgan fingerprint density at radius 1 is 0.408 bits per heavy atom. The highest BCUT2D eigenvalue weighted by molar-refractivity contribution is 5.71. The van der Waals surface area contributed by atoms with Crippen LogP contribution in [0.15, 0.2) is 48.6 Å². The van der Waals surface area contributed by atoms with Crippen molar-refractivity contribution in [2.75, 3.05) is 47.5 Å². The average molecular weight is 1070 g/mol. The van der Waals surface area contributed by atoms with E-state index in [0.29, 0.717) is 17.4 Å². The van der Waals surface area contributed by atoms with Crippen molar-refractivity contribution in [3.8, 4) is 0 Å². The Balaban J connectivity index is 4.02. The molecule has 9 nitrogen and oxygen atoms in total. The number of allylic oxidation sites excluding steroid dienone is 8. The van der Waals surface area contributed by atoms with Crippen LogP contribution in [-0.2, 0) is 33.3 Å². The Hall–Kier alpha value is -2.75. The minimum absolute atomic E-state index is 0.176. The van der Waals surface area contributed by atoms with Crippen LogP contribution in [-0.4, -0.2) is 87.4 Å². The third kappa shape index (κ3) is 58.9. The number of carbonyl (C=O) groups is 3. The van der Waals surface area contributed by atoms with Gasteiger partial charge in [0.05, 0.1) is 34.4 Å². The van der Waals surface area contributed by atoms with Gasteiger partial charge in [-0.2, -0.15) is 0 Å². The summed E-state index contributed by atoms with van der Waals surface area (Å²) >= 11 is 0. The van der Waals surface area contributed by atoms with Crippen molar-refractivity contribution in [1.29, 1.82) is 0 Å². The number of hydrogen-bond donors (Lipinski definition) is 1. The van der Waals surface area contributed by atoms with Crippen molar-refractivity contribution in [3.63, 3.8) is 0 Å². The van der Waals surface area contributed by atoms with Crippen LogP contribution in [0.1, 0.15) is 303 Å². The zero-order valence-electron chi connectivity index (χ0n) is 50.7. The van der Waals surface area contributed by atoms with Crippen LogP contribution in [0.25, 0.3) is 0 Å². The van der Waals surface area contributed by atoms with Crippen molar-refractivity contribution in [2.24, 2.45) is 0 Å². The molecule has 0 fully saturated rings. The van der Waals surface area contributed by atoms with Crippen molar-refractivity contribution in [3.05, 3.63) is 48.6 Å². The third-order valence-corrected chi connectivity index (χ3v) is 14.3. The van der Waals surface area contributed by atoms with Crippen LogP contribution in [0.5, 0.6) is 0 Å². The molecule has 0 rings (SSSR count). The lowest BCUT2D eigenvalue weighted by Gasteiger charge is -2.25. The molecule has 76 heavy (non-hydrogen) atoms. The predicted octanol–water partition coefficient (Wildman–Crippen LogP) is 19.4. The number of carboxylic acid groups (broad SMARTS) is 1. The number of nitrogens with zero attached hydrogens (tertiary/aromatic N) is 1. The van der Waals surface area contributed by atoms with Crippen molar-refractivity contribution in [1.82, 2.24) is 0 Å². The zero-order chi connectivity index (χ0) is 55.5. The normalized spacial score (nSPS) is 13.0. The van der Waals surface area contributed by atoms with Crippen molar-refractivity contribution in [2.45, 2.75) is 315 Å². The monoisotopic (exact) mass is 1070 g/mol. The van der Waals surface area contributed by atoms with E-state index in [0.717, 1.165) is 64.2 Å². The van der Waals surface area contributed by atoms with Crippen LogP contribution in [0.3, 0.4) is 0 Å². The van der Waals surface area contributed by atoms with Gasteiger partial charge in [0.1, 0.15) is 13.2 Å². The Morgan fingerprint density at radius 2 is 0.750 bits per heavy atom. The molecule has 0 aromatic heterocycles. The number of hydrogen-bond acceptors (Lipinski definition) is 7. The number of carbonyl (C=O) groups excluding carboxylic acids is 2. The maximum Gasteiger partial charge on any atom is 0.361 e. The summed E-state index contributed by atoms with van der Waals surface area (Å²) in [5.41, 5.74) is 0. The molecule has 0 amide bonds. The van der Waals surface area contributed by atoms with Gasteiger partial charge in [-0.15, -0.1) is 0 Å². The van der Waals surface area contributed by atoms with Crippen LogP contribution in [0.4, 0.5) is 0 Å². The van der Waals surface area contributed by atoms with Gasteiger partial charge >= 0.3 is 17.9 Å². The van der Waals surface area contributed by atoms with Gasteiger partial charge in [-0.05, 0) is 51.4 Å². The summed E-state index contributed by atoms with van der Waals surface area (Å²) in [5, 5.41) is 9.71. The molecule has 0 saturated heterocycles. The maximum absolute atomic E-state index is 12.9. The summed E-state index contributed by atoms with van der Waals surface area (Å²) in [4.78, 5) is 37.5. The minimum atomic E-state index is -1.51. The van der Waals surface area contributed by atoms with Gasteiger partial charge in [0.2, 0.25) is 0 Å². The number of quaternary nitrogens is 1. The molecule has 0 radical (unpaired) electrons. The standard InChI is InChI=1S/C67H123NO8/c1-6-8-10-12-14-16-18-20-22-24-25-26-27-28-29-30-31-32-33-34-35-36-37-38-39-40-41-42-44-46-48-50-52-54-56-58-65(70)76-63(62-75-67(66(71)72)73-60-59-68(3,4)5)61-74-64(69)57-55-53-51-49-47-45-43-23-21-19-17-15-13-11-9-7-2/h8,10,14,16,20,22,25-26,63,67H,6-7,9,11-13,15,17-19,21,23-24,27-62H2,1-5H3/p+1/b10-8-,16-14-,22-20-,26-25-. The van der Waals surface area contributed by atoms with Gasteiger partial charge < -0.3 is 28.5 Å². The van der Waals surface area contributed by atoms with E-state index in [-0.39, 0.29) is 38.2 Å². The highest BCUT2D eigenvalue weighted by Gasteiger charge is 2.25. The van der Waals surface area contributed by atoms with E-state index in [1.807, 2.05) is 21.1 Å². The van der Waals surface area contributed by atoms with Crippen molar-refractivity contribution >= 4 is 17.9 Å². The fourth-order valence-corrected chi connectivity index (χ4v) is 9.42. The minimum Gasteiger partial charge on any atom is -0.477 e. The summed E-state index contributed by atoms with van der Waals surface area (Å²) in [6.45, 7) is 4.81. The first-order valence-electron chi connectivity index (χ1n) is 32.3. The van der Waals surface area contributed by atoms with E-state index < -0.39 is 18.4 Å². The first-order chi connectivity index (χ1) is 37.1. The third-order valence-electron chi connectivity index (χ3n) is 14.3. The molecular formula is C67H124NO8+. The number of carboxylic acids is 1. The number of aliphatic carboxylic acids is 1. The fourth-order valence-electron chi connectivity index (χ4n) is 9.42. The van der Waals surface area contributed by atoms with E-state index in [1.54, 1.807) is 0 Å². The number of likely N-dealkylation sites (N-methyl/N-ethyl adjacent to an activating group) is 1. The number of ether oxygens (including phenoxy) is 4. The van der Waals surface area contributed by atoms with Gasteiger partial charge in [0.15, 0.2) is 6.10 Å². The SMILES string of the molecule is CC/C=C\C/C=C\C/C=C\C/C=C\CCCCCCCCCCCCCCCCCCCCCCCCC(=O)OC(COC(=O)CCCCCCCCCCCCCCCCCC)COC(OCC[N+](C)(C)C)C(=O)O. The second-order valence-corrected chi connectivity index (χ2v) is 23.1. The molecule has 0 aromatic rings. The van der Waals surface area contributed by atoms with E-state index in [1.165, 1.54) is 212 Å². The summed E-state index contributed by atoms with van der Waals surface area (Å²) < 4.78 is 22.9. The molecule has 0 aromatic carbocycles. The molecule has 0 heterocycles. The fraction of sp³-hybridized carbons (Fsp3) is 0.836. The summed E-state index contributed by atoms with van der Waals surface area (Å²) in [6.07, 6.45) is 70.7. The van der Waals surface area contributed by atoms with Crippen LogP contribution in [0, 0.1) is 0 Å². The van der Waals surface area contributed by atoms with Crippen LogP contribution >= 0.6 is 0 Å². The van der Waals surface area contributed by atoms with Gasteiger partial charge in [-0.3, -0.25) is 9.59 Å². The predicted molar refractivity (Wildman–Crippen MR) is 323 cm³/mol. The van der Waals surface area contributed by atoms with Gasteiger partial charge in [0.25, 0.3) is 6.29 Å². The van der Waals surface area contributed by atoms with Crippen LogP contribution in [0.2, 0.25) is 0 Å². The molecular weight excluding hydrogens is 947 g/mol. The van der Waals surface area contributed by atoms with Gasteiger partial charge in [-0.25, -0.2) is 4.79 Å². The Morgan fingerprint density at radius 3 is 1.12 bits per heavy atom. The topological polar surface area (TPSA) is 108 Å². The highest BCUT2D eigenvalue weighted by atomic mass is 16.7. The smallest absolute Gasteiger partial charge is 0.361 e. The van der Waals surface area contributed by atoms with E-state index in [2.05, 4.69) is 62.5 Å². The molecule has 2 unspecified atom stereocenters. The lowest BCUT2D eigenvalue weighted by molar-refractivity contribution is -0.870. The Bertz CT molecular complexity index is 1380. The molecule has 1 N–H and O–H groups in total. The summed E-state index contributed by atoms with van der Waals surface area (Å²) in [7, 11) is 5.98. The zero-order valence-corrected chi connectivity index (χ0v) is 50.7. The molecule has 0 bridgehead atoms. The molecule has 0 aliphatic heterocycles. The highest BCUT2D eigenvalue weighted by Crippen LogP contribution is 2.18. The summed E-state index contributed by atoms with van der Waals surface area (Å²) in [6, 6.07) is 0. The van der Waals surface area contributed by atoms with Gasteiger partial charge in [-0.1, -0.05) is 287 Å². The molecule has 0 aliphatic carbocycles. The quantitative estimate of drug-likeness (QED) is 0.0211.